The lowest BCUT2D eigenvalue weighted by molar-refractivity contribution is 0.121. The molecular formula is C9H12N4OS. The monoisotopic (exact) mass is 224 g/mol. The number of fused-ring (bicyclic) bond motifs is 1. The molecule has 0 saturated carbocycles. The van der Waals surface area contributed by atoms with E-state index in [4.69, 9.17) is 0 Å². The molecule has 1 unspecified atom stereocenters. The van der Waals surface area contributed by atoms with Crippen LogP contribution in [0.5, 0.6) is 0 Å². The molecule has 0 fully saturated rings. The molecule has 2 heterocycles. The van der Waals surface area contributed by atoms with Crippen LogP contribution >= 0.6 is 12.8 Å². The van der Waals surface area contributed by atoms with E-state index in [1.165, 1.54) is 4.41 Å². The first-order valence-electron chi connectivity index (χ1n) is 5.07. The lowest BCUT2D eigenvalue weighted by atomic mass is 9.94. The number of hydrogen-bond donors (Lipinski definition) is 2. The maximum atomic E-state index is 10.1. The van der Waals surface area contributed by atoms with Crippen molar-refractivity contribution in [3.63, 3.8) is 0 Å². The number of nitrogens with zero attached hydrogens (tertiary/aromatic N) is 4. The van der Waals surface area contributed by atoms with Crippen LogP contribution in [0.3, 0.4) is 0 Å². The van der Waals surface area contributed by atoms with Gasteiger partial charge in [-0.2, -0.15) is 4.41 Å². The third kappa shape index (κ3) is 1.28. The maximum absolute atomic E-state index is 10.1. The molecule has 0 amide bonds. The summed E-state index contributed by atoms with van der Waals surface area (Å²) in [5, 5.41) is 14.1. The molecule has 15 heavy (non-hydrogen) atoms. The van der Waals surface area contributed by atoms with Crippen LogP contribution in [0, 0.1) is 0 Å². The quantitative estimate of drug-likeness (QED) is 0.601. The minimum absolute atomic E-state index is 0.603. The van der Waals surface area contributed by atoms with E-state index < -0.39 is 6.23 Å². The second-order valence-corrected chi connectivity index (χ2v) is 4.27. The molecule has 3 rings (SSSR count). The zero-order valence-corrected chi connectivity index (χ0v) is 9.06. The van der Waals surface area contributed by atoms with Crippen LogP contribution in [0.4, 0.5) is 0 Å². The lowest BCUT2D eigenvalue weighted by Gasteiger charge is -2.32. The molecule has 0 aromatic carbocycles. The summed E-state index contributed by atoms with van der Waals surface area (Å²) >= 11 is 4.14. The van der Waals surface area contributed by atoms with E-state index in [0.29, 0.717) is 5.96 Å². The van der Waals surface area contributed by atoms with Crippen molar-refractivity contribution in [3.05, 3.63) is 11.3 Å². The van der Waals surface area contributed by atoms with Crippen molar-refractivity contribution >= 4 is 25.1 Å². The third-order valence-corrected chi connectivity index (χ3v) is 3.27. The SMILES string of the molecule is OC1C2=C(CCCC2)N=C2N(S)N=CN21. The van der Waals surface area contributed by atoms with Crippen LogP contribution in [0.1, 0.15) is 25.7 Å². The van der Waals surface area contributed by atoms with Gasteiger partial charge in [0, 0.05) is 11.3 Å². The summed E-state index contributed by atoms with van der Waals surface area (Å²) in [6.45, 7) is 0. The van der Waals surface area contributed by atoms with Crippen molar-refractivity contribution in [3.8, 4) is 0 Å². The predicted octanol–water partition coefficient (Wildman–Crippen LogP) is 0.908. The van der Waals surface area contributed by atoms with Crippen molar-refractivity contribution in [1.82, 2.24) is 9.31 Å². The summed E-state index contributed by atoms with van der Waals surface area (Å²) in [5.74, 6) is 0.603. The molecule has 3 aliphatic rings. The first-order chi connectivity index (χ1) is 7.27. The summed E-state index contributed by atoms with van der Waals surface area (Å²) < 4.78 is 1.39. The van der Waals surface area contributed by atoms with Crippen molar-refractivity contribution in [1.29, 1.82) is 0 Å². The van der Waals surface area contributed by atoms with Gasteiger partial charge in [0.05, 0.1) is 0 Å². The fourth-order valence-electron chi connectivity index (χ4n) is 2.19. The first-order valence-corrected chi connectivity index (χ1v) is 5.47. The van der Waals surface area contributed by atoms with Gasteiger partial charge in [-0.3, -0.25) is 4.90 Å². The summed E-state index contributed by atoms with van der Waals surface area (Å²) in [7, 11) is 0. The minimum atomic E-state index is -0.603. The van der Waals surface area contributed by atoms with Crippen LogP contribution in [0.25, 0.3) is 0 Å². The molecule has 0 aromatic rings. The van der Waals surface area contributed by atoms with Gasteiger partial charge in [0.25, 0.3) is 0 Å². The van der Waals surface area contributed by atoms with Gasteiger partial charge in [-0.15, -0.1) is 5.10 Å². The molecule has 0 radical (unpaired) electrons. The zero-order valence-electron chi connectivity index (χ0n) is 8.17. The number of rotatable bonds is 0. The summed E-state index contributed by atoms with van der Waals surface area (Å²) in [6, 6.07) is 0. The van der Waals surface area contributed by atoms with E-state index in [-0.39, 0.29) is 0 Å². The van der Waals surface area contributed by atoms with E-state index in [0.717, 1.165) is 37.0 Å². The highest BCUT2D eigenvalue weighted by atomic mass is 32.1. The van der Waals surface area contributed by atoms with E-state index >= 15 is 0 Å². The lowest BCUT2D eigenvalue weighted by Crippen LogP contribution is -2.43. The molecule has 0 saturated heterocycles. The molecule has 80 valence electrons. The van der Waals surface area contributed by atoms with E-state index in [1.54, 1.807) is 11.2 Å². The van der Waals surface area contributed by atoms with Crippen molar-refractivity contribution < 1.29 is 5.11 Å². The number of thiol groups is 1. The maximum Gasteiger partial charge on any atom is 0.240 e. The Labute approximate surface area is 93.3 Å². The second-order valence-electron chi connectivity index (χ2n) is 3.89. The molecule has 2 aliphatic heterocycles. The van der Waals surface area contributed by atoms with E-state index in [9.17, 15) is 5.11 Å². The van der Waals surface area contributed by atoms with E-state index in [1.807, 2.05) is 0 Å². The Balaban J connectivity index is 2.03. The number of aliphatic imine (C=N–C) groups is 1. The zero-order chi connectivity index (χ0) is 10.4. The molecule has 0 spiro atoms. The van der Waals surface area contributed by atoms with Gasteiger partial charge in [0.1, 0.15) is 6.34 Å². The Bertz CT molecular complexity index is 390. The topological polar surface area (TPSA) is 51.4 Å². The van der Waals surface area contributed by atoms with Gasteiger partial charge in [-0.25, -0.2) is 4.99 Å². The number of allylic oxidation sites excluding steroid dienone is 1. The van der Waals surface area contributed by atoms with Gasteiger partial charge >= 0.3 is 0 Å². The Kier molecular flexibility index (Phi) is 2.00. The number of guanidine groups is 1. The van der Waals surface area contributed by atoms with Crippen LogP contribution < -0.4 is 0 Å². The molecule has 0 bridgehead atoms. The number of hydrazone groups is 1. The van der Waals surface area contributed by atoms with Crippen molar-refractivity contribution in [2.24, 2.45) is 10.1 Å². The van der Waals surface area contributed by atoms with Gasteiger partial charge in [-0.05, 0) is 38.5 Å². The number of aliphatic hydroxyl groups excluding tert-OH is 1. The highest BCUT2D eigenvalue weighted by Crippen LogP contribution is 2.34. The first kappa shape index (κ1) is 9.23. The Morgan fingerprint density at radius 3 is 3.07 bits per heavy atom. The molecular weight excluding hydrogens is 212 g/mol. The smallest absolute Gasteiger partial charge is 0.240 e. The number of aliphatic hydroxyl groups is 1. The Morgan fingerprint density at radius 2 is 2.20 bits per heavy atom. The molecule has 0 aromatic heterocycles. The minimum Gasteiger partial charge on any atom is -0.369 e. The molecule has 1 N–H and O–H groups in total. The molecule has 1 atom stereocenters. The van der Waals surface area contributed by atoms with E-state index in [2.05, 4.69) is 22.9 Å². The Hall–Kier alpha value is -1.01. The highest BCUT2D eigenvalue weighted by Gasteiger charge is 2.35. The largest absolute Gasteiger partial charge is 0.369 e. The predicted molar refractivity (Wildman–Crippen MR) is 60.1 cm³/mol. The molecule has 1 aliphatic carbocycles. The van der Waals surface area contributed by atoms with Gasteiger partial charge in [-0.1, -0.05) is 0 Å². The van der Waals surface area contributed by atoms with Crippen molar-refractivity contribution in [2.75, 3.05) is 0 Å². The standard InChI is InChI=1S/C9H12N4OS/c14-8-6-3-1-2-4-7(6)11-9-12(8)5-10-13(9)15/h5,8,14-15H,1-4H2. The third-order valence-electron chi connectivity index (χ3n) is 2.99. The van der Waals surface area contributed by atoms with Crippen LogP contribution in [-0.4, -0.2) is 32.9 Å². The summed E-state index contributed by atoms with van der Waals surface area (Å²) in [6.07, 6.45) is 5.13. The normalized spacial score (nSPS) is 29.2. The van der Waals surface area contributed by atoms with Crippen molar-refractivity contribution in [2.45, 2.75) is 31.9 Å². The van der Waals surface area contributed by atoms with Crippen LogP contribution in [0.15, 0.2) is 21.4 Å². The Morgan fingerprint density at radius 1 is 1.40 bits per heavy atom. The average Bonchev–Trinajstić information content (AvgIpc) is 2.62. The number of hydrogen-bond acceptors (Lipinski definition) is 6. The highest BCUT2D eigenvalue weighted by molar-refractivity contribution is 7.78. The molecule has 6 heteroatoms. The van der Waals surface area contributed by atoms with Crippen LogP contribution in [0.2, 0.25) is 0 Å². The fourth-order valence-corrected chi connectivity index (χ4v) is 2.39. The van der Waals surface area contributed by atoms with Crippen LogP contribution in [-0.2, 0) is 0 Å². The fraction of sp³-hybridized carbons (Fsp3) is 0.556. The summed E-state index contributed by atoms with van der Waals surface area (Å²) in [4.78, 5) is 6.13. The second kappa shape index (κ2) is 3.24. The van der Waals surface area contributed by atoms with Gasteiger partial charge < -0.3 is 5.11 Å². The van der Waals surface area contributed by atoms with Gasteiger partial charge in [0.2, 0.25) is 5.96 Å². The van der Waals surface area contributed by atoms with Gasteiger partial charge in [0.15, 0.2) is 6.23 Å². The molecule has 5 nitrogen and oxygen atoms in total. The average molecular weight is 224 g/mol. The summed E-state index contributed by atoms with van der Waals surface area (Å²) in [5.41, 5.74) is 2.06.